The van der Waals surface area contributed by atoms with Gasteiger partial charge in [0.2, 0.25) is 5.60 Å². The summed E-state index contributed by atoms with van der Waals surface area (Å²) in [6.45, 7) is 0. The highest BCUT2D eigenvalue weighted by atomic mass is 19.4. The standard InChI is InChI=1S/C20H17F3O3/c21-20(22,23)19(10-9-13-3-1-2-4-17(13)19)26-14-7-5-12(6-8-14)15-11-16(15)18(24)25/h1-8,15-16H,9-11H2,(H,24,25)/t15-,16+,19-/m1/s1. The summed E-state index contributed by atoms with van der Waals surface area (Å²) in [6, 6.07) is 12.8. The molecule has 0 aromatic heterocycles. The lowest BCUT2D eigenvalue weighted by Gasteiger charge is -2.33. The van der Waals surface area contributed by atoms with Crippen molar-refractivity contribution >= 4 is 5.97 Å². The molecule has 0 unspecified atom stereocenters. The average molecular weight is 362 g/mol. The van der Waals surface area contributed by atoms with E-state index in [9.17, 15) is 18.0 Å². The minimum atomic E-state index is -4.54. The minimum absolute atomic E-state index is 0.0645. The first kappa shape index (κ1) is 16.9. The highest BCUT2D eigenvalue weighted by molar-refractivity contribution is 5.75. The van der Waals surface area contributed by atoms with E-state index in [0.717, 1.165) is 5.56 Å². The van der Waals surface area contributed by atoms with Crippen molar-refractivity contribution in [1.29, 1.82) is 0 Å². The Labute approximate surface area is 148 Å². The number of alkyl halides is 3. The molecule has 6 heteroatoms. The molecule has 0 amide bonds. The van der Waals surface area contributed by atoms with Crippen molar-refractivity contribution < 1.29 is 27.8 Å². The SMILES string of the molecule is O=C(O)[C@H]1C[C@@H]1c1ccc(O[C@]2(C(F)(F)F)CCc3ccccc32)cc1. The second-order valence-electron chi connectivity index (χ2n) is 6.94. The molecule has 0 spiro atoms. The molecule has 2 aromatic rings. The largest absolute Gasteiger partial charge is 0.481 e. The van der Waals surface area contributed by atoms with Crippen LogP contribution in [0.15, 0.2) is 48.5 Å². The molecule has 0 bridgehead atoms. The van der Waals surface area contributed by atoms with Crippen LogP contribution in [0.2, 0.25) is 0 Å². The quantitative estimate of drug-likeness (QED) is 0.861. The van der Waals surface area contributed by atoms with Gasteiger partial charge in [0.15, 0.2) is 0 Å². The van der Waals surface area contributed by atoms with E-state index in [-0.39, 0.29) is 23.7 Å². The van der Waals surface area contributed by atoms with Gasteiger partial charge in [0.05, 0.1) is 5.92 Å². The van der Waals surface area contributed by atoms with E-state index < -0.39 is 23.7 Å². The zero-order valence-corrected chi connectivity index (χ0v) is 13.8. The van der Waals surface area contributed by atoms with Crippen LogP contribution >= 0.6 is 0 Å². The molecular weight excluding hydrogens is 345 g/mol. The third-order valence-corrected chi connectivity index (χ3v) is 5.36. The molecule has 3 nitrogen and oxygen atoms in total. The van der Waals surface area contributed by atoms with E-state index in [1.807, 2.05) is 0 Å². The Balaban J connectivity index is 1.61. The Morgan fingerprint density at radius 1 is 1.12 bits per heavy atom. The second-order valence-corrected chi connectivity index (χ2v) is 6.94. The fraction of sp³-hybridized carbons (Fsp3) is 0.350. The number of aryl methyl sites for hydroxylation is 1. The highest BCUT2D eigenvalue weighted by Gasteiger charge is 2.61. The molecule has 1 N–H and O–H groups in total. The summed E-state index contributed by atoms with van der Waals surface area (Å²) in [4.78, 5) is 11.0. The minimum Gasteiger partial charge on any atom is -0.481 e. The van der Waals surface area contributed by atoms with E-state index in [1.54, 1.807) is 30.3 Å². The third kappa shape index (κ3) is 2.64. The van der Waals surface area contributed by atoms with E-state index in [0.29, 0.717) is 18.4 Å². The maximum Gasteiger partial charge on any atom is 0.432 e. The Kier molecular flexibility index (Phi) is 3.75. The number of hydrogen-bond acceptors (Lipinski definition) is 2. The van der Waals surface area contributed by atoms with Crippen molar-refractivity contribution in [3.63, 3.8) is 0 Å². The van der Waals surface area contributed by atoms with Crippen LogP contribution in [0.25, 0.3) is 0 Å². The first-order valence-corrected chi connectivity index (χ1v) is 8.49. The van der Waals surface area contributed by atoms with Gasteiger partial charge < -0.3 is 9.84 Å². The molecule has 0 saturated heterocycles. The third-order valence-electron chi connectivity index (χ3n) is 5.36. The average Bonchev–Trinajstić information content (AvgIpc) is 3.32. The molecule has 1 fully saturated rings. The van der Waals surface area contributed by atoms with Crippen molar-refractivity contribution in [3.8, 4) is 5.75 Å². The zero-order valence-electron chi connectivity index (χ0n) is 13.8. The van der Waals surface area contributed by atoms with E-state index in [4.69, 9.17) is 9.84 Å². The van der Waals surface area contributed by atoms with E-state index in [1.165, 1.54) is 18.2 Å². The summed E-state index contributed by atoms with van der Waals surface area (Å²) in [6.07, 6.45) is -3.81. The van der Waals surface area contributed by atoms with Crippen molar-refractivity contribution in [2.24, 2.45) is 5.92 Å². The number of carbonyl (C=O) groups is 1. The number of rotatable bonds is 4. The molecule has 0 radical (unpaired) electrons. The molecule has 2 aliphatic carbocycles. The number of carboxylic acids is 1. The van der Waals surface area contributed by atoms with Gasteiger partial charge in [0.1, 0.15) is 5.75 Å². The van der Waals surface area contributed by atoms with Gasteiger partial charge in [0.25, 0.3) is 0 Å². The van der Waals surface area contributed by atoms with Crippen LogP contribution in [0, 0.1) is 5.92 Å². The lowest BCUT2D eigenvalue weighted by atomic mass is 9.94. The van der Waals surface area contributed by atoms with Crippen molar-refractivity contribution in [3.05, 3.63) is 65.2 Å². The van der Waals surface area contributed by atoms with Crippen LogP contribution in [-0.2, 0) is 16.8 Å². The maximum absolute atomic E-state index is 13.9. The number of carboxylic acid groups (broad SMARTS) is 1. The van der Waals surface area contributed by atoms with Crippen LogP contribution in [-0.4, -0.2) is 17.3 Å². The van der Waals surface area contributed by atoms with Crippen molar-refractivity contribution in [1.82, 2.24) is 0 Å². The first-order valence-electron chi connectivity index (χ1n) is 8.49. The smallest absolute Gasteiger partial charge is 0.432 e. The lowest BCUT2D eigenvalue weighted by molar-refractivity contribution is -0.253. The molecule has 2 aliphatic rings. The van der Waals surface area contributed by atoms with Crippen LogP contribution in [0.4, 0.5) is 13.2 Å². The van der Waals surface area contributed by atoms with Crippen molar-refractivity contribution in [2.75, 3.05) is 0 Å². The van der Waals surface area contributed by atoms with Crippen LogP contribution in [0.3, 0.4) is 0 Å². The molecule has 4 rings (SSSR count). The molecule has 136 valence electrons. The fourth-order valence-electron chi connectivity index (χ4n) is 3.86. The Morgan fingerprint density at radius 2 is 1.81 bits per heavy atom. The lowest BCUT2D eigenvalue weighted by Crippen LogP contribution is -2.45. The fourth-order valence-corrected chi connectivity index (χ4v) is 3.86. The molecule has 0 heterocycles. The molecule has 3 atom stereocenters. The molecule has 1 saturated carbocycles. The number of aliphatic carboxylic acids is 1. The van der Waals surface area contributed by atoms with Gasteiger partial charge >= 0.3 is 12.1 Å². The molecule has 26 heavy (non-hydrogen) atoms. The number of hydrogen-bond donors (Lipinski definition) is 1. The van der Waals surface area contributed by atoms with Crippen LogP contribution in [0.1, 0.15) is 35.4 Å². The molecule has 2 aromatic carbocycles. The molecule has 0 aliphatic heterocycles. The summed E-state index contributed by atoms with van der Waals surface area (Å²) < 4.78 is 47.4. The van der Waals surface area contributed by atoms with Crippen molar-refractivity contribution in [2.45, 2.75) is 37.0 Å². The first-order chi connectivity index (χ1) is 12.3. The predicted molar refractivity (Wildman–Crippen MR) is 88.0 cm³/mol. The summed E-state index contributed by atoms with van der Waals surface area (Å²) in [5, 5.41) is 9.00. The normalized spacial score (nSPS) is 27.0. The number of halogens is 3. The van der Waals surface area contributed by atoms with E-state index in [2.05, 4.69) is 0 Å². The highest BCUT2D eigenvalue weighted by Crippen LogP contribution is 2.51. The van der Waals surface area contributed by atoms with Gasteiger partial charge in [-0.3, -0.25) is 4.79 Å². The van der Waals surface area contributed by atoms with Gasteiger partial charge in [-0.2, -0.15) is 13.2 Å². The summed E-state index contributed by atoms with van der Waals surface area (Å²) in [7, 11) is 0. The monoisotopic (exact) mass is 362 g/mol. The van der Waals surface area contributed by atoms with Gasteiger partial charge in [-0.25, -0.2) is 0 Å². The Morgan fingerprint density at radius 3 is 2.42 bits per heavy atom. The van der Waals surface area contributed by atoms with E-state index >= 15 is 0 Å². The predicted octanol–water partition coefficient (Wildman–Crippen LogP) is 4.66. The zero-order chi connectivity index (χ0) is 18.5. The summed E-state index contributed by atoms with van der Waals surface area (Å²) in [5.74, 6) is -1.17. The van der Waals surface area contributed by atoms with Gasteiger partial charge in [0, 0.05) is 12.0 Å². The van der Waals surface area contributed by atoms with Crippen LogP contribution in [0.5, 0.6) is 5.75 Å². The summed E-state index contributed by atoms with van der Waals surface area (Å²) >= 11 is 0. The second kappa shape index (κ2) is 5.76. The number of benzene rings is 2. The maximum atomic E-state index is 13.9. The topological polar surface area (TPSA) is 46.5 Å². The number of ether oxygens (including phenoxy) is 1. The van der Waals surface area contributed by atoms with Gasteiger partial charge in [-0.15, -0.1) is 0 Å². The number of fused-ring (bicyclic) bond motifs is 1. The molecular formula is C20H17F3O3. The van der Waals surface area contributed by atoms with Gasteiger partial charge in [-0.05, 0) is 42.0 Å². The van der Waals surface area contributed by atoms with Gasteiger partial charge in [-0.1, -0.05) is 36.4 Å². The Hall–Kier alpha value is -2.50. The summed E-state index contributed by atoms with van der Waals surface area (Å²) in [5.41, 5.74) is -0.694. The Bertz CT molecular complexity index is 844. The van der Waals surface area contributed by atoms with Crippen LogP contribution < -0.4 is 4.74 Å².